The van der Waals surface area contributed by atoms with E-state index in [0.29, 0.717) is 23.9 Å². The molecule has 11 nitrogen and oxygen atoms in total. The van der Waals surface area contributed by atoms with Crippen LogP contribution in [0.15, 0.2) is 24.5 Å². The van der Waals surface area contributed by atoms with Crippen molar-refractivity contribution < 1.29 is 23.4 Å². The summed E-state index contributed by atoms with van der Waals surface area (Å²) in [7, 11) is 1.61. The lowest BCUT2D eigenvalue weighted by Crippen LogP contribution is -2.68. The number of nitrogens with one attached hydrogen (secondary N) is 3. The van der Waals surface area contributed by atoms with E-state index in [1.165, 1.54) is 0 Å². The minimum Gasteiger partial charge on any atom is -0.441 e. The van der Waals surface area contributed by atoms with Gasteiger partial charge in [0.1, 0.15) is 11.6 Å². The van der Waals surface area contributed by atoms with Crippen molar-refractivity contribution in [3.05, 3.63) is 35.9 Å². The fourth-order valence-corrected chi connectivity index (χ4v) is 4.91. The van der Waals surface area contributed by atoms with E-state index < -0.39 is 24.5 Å². The number of carbonyl (C=O) groups excluding carboxylic acids is 1. The van der Waals surface area contributed by atoms with Gasteiger partial charge < -0.3 is 24.8 Å². The first-order valence-corrected chi connectivity index (χ1v) is 10.9. The van der Waals surface area contributed by atoms with Crippen LogP contribution in [0.1, 0.15) is 36.8 Å². The van der Waals surface area contributed by atoms with Gasteiger partial charge in [-0.1, -0.05) is 0 Å². The summed E-state index contributed by atoms with van der Waals surface area (Å²) >= 11 is 0. The third-order valence-electron chi connectivity index (χ3n) is 6.63. The Hall–Kier alpha value is -3.25. The Morgan fingerprint density at radius 1 is 1.39 bits per heavy atom. The maximum atomic E-state index is 15.0. The molecule has 4 fully saturated rings. The molecule has 1 saturated heterocycles. The molecule has 33 heavy (non-hydrogen) atoms. The Labute approximate surface area is 188 Å². The second-order valence-corrected chi connectivity index (χ2v) is 9.03. The van der Waals surface area contributed by atoms with E-state index >= 15 is 4.39 Å². The normalized spacial score (nSPS) is 30.0. The third kappa shape index (κ3) is 3.59. The minimum absolute atomic E-state index is 0.0182. The van der Waals surface area contributed by atoms with Crippen LogP contribution in [0, 0.1) is 5.92 Å². The van der Waals surface area contributed by atoms with E-state index in [4.69, 9.17) is 14.2 Å². The molecular weight excluding hydrogens is 433 g/mol. The lowest BCUT2D eigenvalue weighted by Gasteiger charge is -2.61. The number of ether oxygens (including phenoxy) is 3. The number of fused-ring (bicyclic) bond motifs is 1. The largest absolute Gasteiger partial charge is 0.441 e. The molecule has 0 unspecified atom stereocenters. The van der Waals surface area contributed by atoms with E-state index in [2.05, 4.69) is 30.9 Å². The quantitative estimate of drug-likeness (QED) is 0.494. The number of halogens is 1. The van der Waals surface area contributed by atoms with Crippen molar-refractivity contribution >= 4 is 23.2 Å². The standard InChI is InChI=1S/C21H24FN7O4/c1-31-9-12-4-14-19(23-2-3-29(14)28-12)24-16-5-13(26-27-16)18-17(22)15(10-32-18)33-20(30)25-21-6-11(7-21)8-21/h2-5,11,15,17-18H,6-10H2,1H3,(H,25,30)(H2,23,24,26,27)/t11?,15-,17+,18-,21?/m1/s1. The molecule has 1 aliphatic heterocycles. The minimum atomic E-state index is -1.51. The summed E-state index contributed by atoms with van der Waals surface area (Å²) in [5.41, 5.74) is 1.84. The summed E-state index contributed by atoms with van der Waals surface area (Å²) in [5, 5.41) is 17.4. The molecule has 3 aliphatic carbocycles. The number of alkyl halides is 1. The van der Waals surface area contributed by atoms with Crippen molar-refractivity contribution in [1.29, 1.82) is 0 Å². The van der Waals surface area contributed by atoms with Crippen LogP contribution in [0.25, 0.3) is 5.52 Å². The van der Waals surface area contributed by atoms with E-state index in [-0.39, 0.29) is 12.1 Å². The van der Waals surface area contributed by atoms with Gasteiger partial charge in [0, 0.05) is 31.1 Å². The van der Waals surface area contributed by atoms with Gasteiger partial charge in [0.15, 0.2) is 23.9 Å². The van der Waals surface area contributed by atoms with Crippen LogP contribution in [0.4, 0.5) is 20.8 Å². The maximum absolute atomic E-state index is 15.0. The lowest BCUT2D eigenvalue weighted by atomic mass is 9.50. The zero-order chi connectivity index (χ0) is 22.6. The van der Waals surface area contributed by atoms with E-state index in [9.17, 15) is 4.79 Å². The SMILES string of the molecule is COCc1cc2c(Nc3cc([C@H]4OC[C@@H](OC(=O)NC56CC(C5)C6)[C@@H]4F)[nH]n3)nccn2n1. The number of methoxy groups -OCH3 is 1. The number of H-pyrrole nitrogens is 1. The molecule has 3 aromatic rings. The Morgan fingerprint density at radius 2 is 2.24 bits per heavy atom. The van der Waals surface area contributed by atoms with E-state index in [0.717, 1.165) is 36.4 Å². The predicted molar refractivity (Wildman–Crippen MR) is 113 cm³/mol. The van der Waals surface area contributed by atoms with E-state index in [1.807, 2.05) is 6.07 Å². The molecule has 0 aromatic carbocycles. The fourth-order valence-electron chi connectivity index (χ4n) is 4.91. The van der Waals surface area contributed by atoms with Gasteiger partial charge in [-0.3, -0.25) is 5.10 Å². The van der Waals surface area contributed by atoms with Crippen LogP contribution < -0.4 is 10.6 Å². The number of hydrogen-bond acceptors (Lipinski definition) is 8. The summed E-state index contributed by atoms with van der Waals surface area (Å²) in [6, 6.07) is 3.52. The van der Waals surface area contributed by atoms with Crippen molar-refractivity contribution in [2.24, 2.45) is 5.92 Å². The van der Waals surface area contributed by atoms with Crippen LogP contribution in [-0.2, 0) is 20.8 Å². The molecule has 1 amide bonds. The summed E-state index contributed by atoms with van der Waals surface area (Å²) in [6.07, 6.45) is 2.36. The van der Waals surface area contributed by atoms with Gasteiger partial charge in [0.05, 0.1) is 24.6 Å². The van der Waals surface area contributed by atoms with Crippen molar-refractivity contribution in [1.82, 2.24) is 30.1 Å². The smallest absolute Gasteiger partial charge is 0.408 e. The molecule has 3 N–H and O–H groups in total. The maximum Gasteiger partial charge on any atom is 0.408 e. The number of amides is 1. The summed E-state index contributed by atoms with van der Waals surface area (Å²) in [6.45, 7) is 0.364. The van der Waals surface area contributed by atoms with Gasteiger partial charge in [-0.05, 0) is 31.2 Å². The highest BCUT2D eigenvalue weighted by Crippen LogP contribution is 2.57. The summed E-state index contributed by atoms with van der Waals surface area (Å²) in [4.78, 5) is 16.5. The molecule has 4 aliphatic rings. The Kier molecular flexibility index (Phi) is 4.73. The molecule has 0 radical (unpaired) electrons. The van der Waals surface area contributed by atoms with Gasteiger partial charge in [-0.15, -0.1) is 0 Å². The van der Waals surface area contributed by atoms with Gasteiger partial charge in [0.25, 0.3) is 0 Å². The zero-order valence-electron chi connectivity index (χ0n) is 18.0. The molecule has 174 valence electrons. The Morgan fingerprint density at radius 3 is 3.00 bits per heavy atom. The average molecular weight is 457 g/mol. The van der Waals surface area contributed by atoms with Gasteiger partial charge >= 0.3 is 6.09 Å². The van der Waals surface area contributed by atoms with Crippen LogP contribution in [-0.4, -0.2) is 62.4 Å². The number of alkyl carbamates (subject to hydrolysis) is 1. The van der Waals surface area contributed by atoms with Crippen molar-refractivity contribution in [3.63, 3.8) is 0 Å². The lowest BCUT2D eigenvalue weighted by molar-refractivity contribution is -0.0528. The average Bonchev–Trinajstić information content (AvgIpc) is 3.44. The summed E-state index contributed by atoms with van der Waals surface area (Å²) < 4.78 is 32.7. The van der Waals surface area contributed by atoms with Crippen molar-refractivity contribution in [2.45, 2.75) is 49.8 Å². The van der Waals surface area contributed by atoms with Crippen molar-refractivity contribution in [3.8, 4) is 0 Å². The molecule has 3 atom stereocenters. The van der Waals surface area contributed by atoms with Gasteiger partial charge in [-0.25, -0.2) is 18.7 Å². The van der Waals surface area contributed by atoms with Crippen LogP contribution in [0.3, 0.4) is 0 Å². The highest BCUT2D eigenvalue weighted by Gasteiger charge is 2.58. The molecule has 3 saturated carbocycles. The molecule has 3 aromatic heterocycles. The molecule has 7 rings (SSSR count). The molecule has 2 bridgehead atoms. The number of carbonyl (C=O) groups is 1. The van der Waals surface area contributed by atoms with Crippen LogP contribution >= 0.6 is 0 Å². The third-order valence-corrected chi connectivity index (χ3v) is 6.63. The second kappa shape index (κ2) is 7.66. The predicted octanol–water partition coefficient (Wildman–Crippen LogP) is 2.40. The topological polar surface area (TPSA) is 128 Å². The first-order valence-electron chi connectivity index (χ1n) is 10.9. The molecular formula is C21H24FN7O4. The number of hydrogen-bond donors (Lipinski definition) is 3. The molecule has 0 spiro atoms. The monoisotopic (exact) mass is 457 g/mol. The number of rotatable bonds is 7. The summed E-state index contributed by atoms with van der Waals surface area (Å²) in [5.74, 6) is 1.72. The highest BCUT2D eigenvalue weighted by molar-refractivity contribution is 5.72. The Bertz CT molecular complexity index is 1180. The molecule has 4 heterocycles. The number of nitrogens with zero attached hydrogens (tertiary/aromatic N) is 4. The highest BCUT2D eigenvalue weighted by atomic mass is 19.1. The fraction of sp³-hybridized carbons (Fsp3) is 0.524. The van der Waals surface area contributed by atoms with Gasteiger partial charge in [0.2, 0.25) is 0 Å². The van der Waals surface area contributed by atoms with Crippen LogP contribution in [0.5, 0.6) is 0 Å². The number of aromatic amines is 1. The number of aromatic nitrogens is 5. The first-order chi connectivity index (χ1) is 16.0. The first kappa shape index (κ1) is 20.4. The van der Waals surface area contributed by atoms with Crippen LogP contribution in [0.2, 0.25) is 0 Å². The number of anilines is 2. The zero-order valence-corrected chi connectivity index (χ0v) is 18.0. The molecule has 12 heteroatoms. The van der Waals surface area contributed by atoms with Gasteiger partial charge in [-0.2, -0.15) is 10.2 Å². The van der Waals surface area contributed by atoms with Crippen molar-refractivity contribution in [2.75, 3.05) is 19.0 Å². The van der Waals surface area contributed by atoms with E-state index in [1.54, 1.807) is 30.1 Å². The second-order valence-electron chi connectivity index (χ2n) is 9.03. The Balaban J connectivity index is 1.11.